The van der Waals surface area contributed by atoms with Gasteiger partial charge in [0.25, 0.3) is 0 Å². The molecule has 98 valence electrons. The van der Waals surface area contributed by atoms with Crippen LogP contribution in [0.5, 0.6) is 0 Å². The lowest BCUT2D eigenvalue weighted by Crippen LogP contribution is -2.16. The van der Waals surface area contributed by atoms with Crippen LogP contribution in [0.2, 0.25) is 0 Å². The number of amides is 1. The van der Waals surface area contributed by atoms with E-state index in [1.165, 1.54) is 5.56 Å². The van der Waals surface area contributed by atoms with Crippen molar-refractivity contribution in [1.82, 2.24) is 5.43 Å². The van der Waals surface area contributed by atoms with E-state index in [4.69, 9.17) is 4.42 Å². The van der Waals surface area contributed by atoms with Crippen molar-refractivity contribution < 1.29 is 9.21 Å². The van der Waals surface area contributed by atoms with E-state index in [9.17, 15) is 4.79 Å². The molecule has 0 saturated heterocycles. The van der Waals surface area contributed by atoms with Gasteiger partial charge in [-0.25, -0.2) is 5.43 Å². The molecule has 0 bridgehead atoms. The number of nitrogens with one attached hydrogen (secondary N) is 1. The number of hydrazone groups is 1. The average Bonchev–Trinajstić information content (AvgIpc) is 2.86. The van der Waals surface area contributed by atoms with Crippen LogP contribution < -0.4 is 5.43 Å². The highest BCUT2D eigenvalue weighted by molar-refractivity contribution is 9.10. The van der Waals surface area contributed by atoms with E-state index in [2.05, 4.69) is 33.4 Å². The predicted molar refractivity (Wildman–Crippen MR) is 77.3 cm³/mol. The van der Waals surface area contributed by atoms with E-state index in [0.717, 1.165) is 12.0 Å². The molecule has 1 aromatic heterocycles. The number of benzene rings is 1. The molecule has 2 rings (SSSR count). The zero-order valence-electron chi connectivity index (χ0n) is 10.4. The van der Waals surface area contributed by atoms with Gasteiger partial charge < -0.3 is 4.42 Å². The van der Waals surface area contributed by atoms with Crippen molar-refractivity contribution in [1.29, 1.82) is 0 Å². The summed E-state index contributed by atoms with van der Waals surface area (Å²) in [5.41, 5.74) is 4.60. The third kappa shape index (κ3) is 3.79. The first kappa shape index (κ1) is 13.5. The molecule has 2 aromatic rings. The van der Waals surface area contributed by atoms with E-state index in [-0.39, 0.29) is 11.7 Å². The molecule has 0 aliphatic rings. The summed E-state index contributed by atoms with van der Waals surface area (Å²) in [4.78, 5) is 11.6. The van der Waals surface area contributed by atoms with Crippen LogP contribution in [0.25, 0.3) is 0 Å². The Balaban J connectivity index is 1.94. The number of hydrogen-bond acceptors (Lipinski definition) is 3. The van der Waals surface area contributed by atoms with Crippen LogP contribution >= 0.6 is 15.9 Å². The average molecular weight is 321 g/mol. The van der Waals surface area contributed by atoms with Crippen molar-refractivity contribution in [2.45, 2.75) is 13.3 Å². The number of hydrogen-bond donors (Lipinski definition) is 1. The summed E-state index contributed by atoms with van der Waals surface area (Å²) in [5.74, 6) is -0.169. The largest absolute Gasteiger partial charge is 0.444 e. The Hall–Kier alpha value is -1.88. The number of halogens is 1. The van der Waals surface area contributed by atoms with E-state index in [1.54, 1.807) is 18.3 Å². The van der Waals surface area contributed by atoms with Crippen LogP contribution in [0, 0.1) is 0 Å². The third-order valence-electron chi connectivity index (χ3n) is 2.56. The van der Waals surface area contributed by atoms with Crippen LogP contribution in [-0.2, 0) is 6.42 Å². The van der Waals surface area contributed by atoms with Gasteiger partial charge in [0.05, 0.1) is 6.21 Å². The smallest absolute Gasteiger partial charge is 0.307 e. The second-order valence-electron chi connectivity index (χ2n) is 3.90. The highest BCUT2D eigenvalue weighted by atomic mass is 79.9. The van der Waals surface area contributed by atoms with Gasteiger partial charge >= 0.3 is 5.91 Å². The lowest BCUT2D eigenvalue weighted by Gasteiger charge is -1.97. The standard InChI is InChI=1S/C14H13BrN2O2/c1-2-10-3-5-11(6-4-10)9-16-17-14(18)12-7-8-13(15)19-12/h3-9H,2H2,1H3,(H,17,18)/b16-9-. The number of rotatable bonds is 4. The Morgan fingerprint density at radius 1 is 1.32 bits per heavy atom. The molecule has 0 atom stereocenters. The minimum Gasteiger partial charge on any atom is -0.444 e. The topological polar surface area (TPSA) is 54.6 Å². The van der Waals surface area contributed by atoms with Crippen molar-refractivity contribution in [3.63, 3.8) is 0 Å². The molecule has 19 heavy (non-hydrogen) atoms. The summed E-state index contributed by atoms with van der Waals surface area (Å²) < 4.78 is 5.62. The fourth-order valence-corrected chi connectivity index (χ4v) is 1.80. The normalized spacial score (nSPS) is 10.8. The molecule has 0 spiro atoms. The molecular weight excluding hydrogens is 308 g/mol. The van der Waals surface area contributed by atoms with Crippen molar-refractivity contribution in [2.75, 3.05) is 0 Å². The molecule has 0 fully saturated rings. The quantitative estimate of drug-likeness (QED) is 0.693. The maximum absolute atomic E-state index is 11.6. The number of furan rings is 1. The van der Waals surface area contributed by atoms with Gasteiger partial charge in [-0.3, -0.25) is 4.79 Å². The molecule has 1 heterocycles. The third-order valence-corrected chi connectivity index (χ3v) is 2.99. The highest BCUT2D eigenvalue weighted by Crippen LogP contribution is 2.13. The Kier molecular flexibility index (Phi) is 4.52. The zero-order chi connectivity index (χ0) is 13.7. The molecular formula is C14H13BrN2O2. The van der Waals surface area contributed by atoms with Gasteiger partial charge in [0.15, 0.2) is 10.4 Å². The molecule has 0 unspecified atom stereocenters. The van der Waals surface area contributed by atoms with Gasteiger partial charge in [0.1, 0.15) is 0 Å². The molecule has 1 N–H and O–H groups in total. The second kappa shape index (κ2) is 6.33. The van der Waals surface area contributed by atoms with Gasteiger partial charge in [-0.05, 0) is 45.6 Å². The van der Waals surface area contributed by atoms with E-state index >= 15 is 0 Å². The molecule has 1 aromatic carbocycles. The zero-order valence-corrected chi connectivity index (χ0v) is 12.0. The molecule has 0 aliphatic heterocycles. The minimum absolute atomic E-state index is 0.213. The van der Waals surface area contributed by atoms with Crippen LogP contribution in [0.1, 0.15) is 28.6 Å². The summed E-state index contributed by atoms with van der Waals surface area (Å²) in [6, 6.07) is 11.2. The summed E-state index contributed by atoms with van der Waals surface area (Å²) in [5, 5.41) is 3.88. The Morgan fingerprint density at radius 2 is 2.05 bits per heavy atom. The molecule has 1 amide bonds. The van der Waals surface area contributed by atoms with Gasteiger partial charge in [-0.1, -0.05) is 31.2 Å². The second-order valence-corrected chi connectivity index (χ2v) is 4.68. The predicted octanol–water partition coefficient (Wildman–Crippen LogP) is 3.37. The maximum Gasteiger partial charge on any atom is 0.307 e. The molecule has 5 heteroatoms. The van der Waals surface area contributed by atoms with Crippen molar-refractivity contribution in [2.24, 2.45) is 5.10 Å². The Bertz CT molecular complexity index is 588. The van der Waals surface area contributed by atoms with Crippen molar-refractivity contribution in [3.05, 3.63) is 58.0 Å². The van der Waals surface area contributed by atoms with Crippen LogP contribution in [0.3, 0.4) is 0 Å². The fourth-order valence-electron chi connectivity index (χ4n) is 1.50. The number of nitrogens with zero attached hydrogens (tertiary/aromatic N) is 1. The molecule has 0 radical (unpaired) electrons. The summed E-state index contributed by atoms with van der Waals surface area (Å²) in [6.07, 6.45) is 2.59. The van der Waals surface area contributed by atoms with Crippen LogP contribution in [0.15, 0.2) is 50.6 Å². The maximum atomic E-state index is 11.6. The fraction of sp³-hybridized carbons (Fsp3) is 0.143. The van der Waals surface area contributed by atoms with Gasteiger partial charge in [0.2, 0.25) is 0 Å². The van der Waals surface area contributed by atoms with Crippen LogP contribution in [0.4, 0.5) is 0 Å². The SMILES string of the molecule is CCc1ccc(/C=N\NC(=O)c2ccc(Br)o2)cc1. The molecule has 4 nitrogen and oxygen atoms in total. The summed E-state index contributed by atoms with van der Waals surface area (Å²) in [6.45, 7) is 2.10. The van der Waals surface area contributed by atoms with Crippen LogP contribution in [-0.4, -0.2) is 12.1 Å². The number of aryl methyl sites for hydroxylation is 1. The van der Waals surface area contributed by atoms with E-state index in [1.807, 2.05) is 24.3 Å². The number of carbonyl (C=O) groups is 1. The molecule has 0 aliphatic carbocycles. The van der Waals surface area contributed by atoms with Gasteiger partial charge in [-0.15, -0.1) is 0 Å². The monoisotopic (exact) mass is 320 g/mol. The minimum atomic E-state index is -0.382. The first-order chi connectivity index (χ1) is 9.19. The van der Waals surface area contributed by atoms with Crippen molar-refractivity contribution >= 4 is 28.1 Å². The lowest BCUT2D eigenvalue weighted by molar-refractivity contribution is 0.0926. The first-order valence-corrected chi connectivity index (χ1v) is 6.66. The van der Waals surface area contributed by atoms with E-state index < -0.39 is 0 Å². The number of carbonyl (C=O) groups excluding carboxylic acids is 1. The first-order valence-electron chi connectivity index (χ1n) is 5.86. The molecule has 0 saturated carbocycles. The summed E-state index contributed by atoms with van der Waals surface area (Å²) in [7, 11) is 0. The highest BCUT2D eigenvalue weighted by Gasteiger charge is 2.08. The Labute approximate surface area is 119 Å². The van der Waals surface area contributed by atoms with E-state index in [0.29, 0.717) is 4.67 Å². The van der Waals surface area contributed by atoms with Crippen molar-refractivity contribution in [3.8, 4) is 0 Å². The van der Waals surface area contributed by atoms with Gasteiger partial charge in [-0.2, -0.15) is 5.10 Å². The lowest BCUT2D eigenvalue weighted by atomic mass is 10.1. The summed E-state index contributed by atoms with van der Waals surface area (Å²) >= 11 is 3.13. The Morgan fingerprint density at radius 3 is 2.63 bits per heavy atom. The van der Waals surface area contributed by atoms with Gasteiger partial charge in [0, 0.05) is 0 Å².